The molecular weight excluding hydrogens is 326 g/mol. The predicted octanol–water partition coefficient (Wildman–Crippen LogP) is 3.21. The van der Waals surface area contributed by atoms with E-state index < -0.39 is 24.0 Å². The number of amides is 1. The van der Waals surface area contributed by atoms with Gasteiger partial charge in [0.1, 0.15) is 5.75 Å². The molecule has 0 aliphatic carbocycles. The lowest BCUT2D eigenvalue weighted by molar-refractivity contribution is -0.385. The molecule has 0 aromatic heterocycles. The highest BCUT2D eigenvalue weighted by Crippen LogP contribution is 2.27. The molecule has 0 aliphatic heterocycles. The quantitative estimate of drug-likeness (QED) is 0.618. The van der Waals surface area contributed by atoms with Gasteiger partial charge in [0.2, 0.25) is 0 Å². The van der Waals surface area contributed by atoms with Gasteiger partial charge in [-0.3, -0.25) is 14.9 Å². The van der Waals surface area contributed by atoms with E-state index >= 15 is 0 Å². The number of hydrogen-bond donors (Lipinski definition) is 1. The number of para-hydroxylation sites is 4. The maximum Gasteiger partial charge on any atom is 0.387 e. The molecule has 24 heavy (non-hydrogen) atoms. The zero-order valence-corrected chi connectivity index (χ0v) is 12.1. The fourth-order valence-corrected chi connectivity index (χ4v) is 1.83. The number of carbonyl (C=O) groups excluding carboxylic acids is 1. The average Bonchev–Trinajstić information content (AvgIpc) is 2.54. The van der Waals surface area contributed by atoms with Crippen LogP contribution in [0, 0.1) is 10.1 Å². The first-order chi connectivity index (χ1) is 11.5. The van der Waals surface area contributed by atoms with E-state index in [2.05, 4.69) is 10.1 Å². The average molecular weight is 338 g/mol. The fraction of sp³-hybridized carbons (Fsp3) is 0.133. The van der Waals surface area contributed by atoms with Gasteiger partial charge < -0.3 is 14.8 Å². The van der Waals surface area contributed by atoms with Gasteiger partial charge in [-0.05, 0) is 18.2 Å². The van der Waals surface area contributed by atoms with Crippen LogP contribution in [0.2, 0.25) is 0 Å². The summed E-state index contributed by atoms with van der Waals surface area (Å²) in [5.41, 5.74) is -0.249. The monoisotopic (exact) mass is 338 g/mol. The summed E-state index contributed by atoms with van der Waals surface area (Å²) in [5, 5.41) is 13.2. The van der Waals surface area contributed by atoms with Crippen molar-refractivity contribution in [2.75, 3.05) is 11.9 Å². The van der Waals surface area contributed by atoms with Crippen LogP contribution in [-0.4, -0.2) is 24.0 Å². The largest absolute Gasteiger partial charge is 0.477 e. The number of nitrogens with zero attached hydrogens (tertiary/aromatic N) is 1. The second-order valence-electron chi connectivity index (χ2n) is 4.44. The number of carbonyl (C=O) groups is 1. The Balaban J connectivity index is 2.01. The van der Waals surface area contributed by atoms with Crippen LogP contribution in [0.25, 0.3) is 0 Å². The van der Waals surface area contributed by atoms with E-state index in [1.807, 2.05) is 0 Å². The minimum absolute atomic E-state index is 0.0361. The van der Waals surface area contributed by atoms with Crippen molar-refractivity contribution in [1.29, 1.82) is 0 Å². The summed E-state index contributed by atoms with van der Waals surface area (Å²) in [6, 6.07) is 11.2. The van der Waals surface area contributed by atoms with Crippen LogP contribution in [0.4, 0.5) is 20.2 Å². The van der Waals surface area contributed by atoms with Gasteiger partial charge in [0.15, 0.2) is 12.4 Å². The van der Waals surface area contributed by atoms with Crippen molar-refractivity contribution in [3.05, 3.63) is 58.6 Å². The third-order valence-corrected chi connectivity index (χ3v) is 2.80. The SMILES string of the molecule is O=C(COc1ccccc1[N+](=O)[O-])Nc1ccccc1OC(F)F. The second-order valence-corrected chi connectivity index (χ2v) is 4.44. The third kappa shape index (κ3) is 4.63. The van der Waals surface area contributed by atoms with Crippen LogP contribution >= 0.6 is 0 Å². The molecular formula is C15H12F2N2O5. The van der Waals surface area contributed by atoms with E-state index in [0.29, 0.717) is 0 Å². The highest BCUT2D eigenvalue weighted by atomic mass is 19.3. The number of rotatable bonds is 7. The Morgan fingerprint density at radius 3 is 2.42 bits per heavy atom. The molecule has 0 bridgehead atoms. The van der Waals surface area contributed by atoms with E-state index in [1.54, 1.807) is 0 Å². The number of nitrogens with one attached hydrogen (secondary N) is 1. The lowest BCUT2D eigenvalue weighted by Gasteiger charge is -2.12. The molecule has 0 atom stereocenters. The van der Waals surface area contributed by atoms with Crippen LogP contribution < -0.4 is 14.8 Å². The Labute approximate surface area is 135 Å². The standard InChI is InChI=1S/C15H12F2N2O5/c16-15(17)24-12-7-3-1-5-10(12)18-14(20)9-23-13-8-4-2-6-11(13)19(21)22/h1-8,15H,9H2,(H,18,20). The van der Waals surface area contributed by atoms with Gasteiger partial charge >= 0.3 is 12.3 Å². The first kappa shape index (κ1) is 17.1. The second kappa shape index (κ2) is 7.86. The van der Waals surface area contributed by atoms with Crippen molar-refractivity contribution in [3.8, 4) is 11.5 Å². The first-order valence-electron chi connectivity index (χ1n) is 6.67. The molecule has 2 rings (SSSR count). The minimum atomic E-state index is -3.04. The molecule has 0 unspecified atom stereocenters. The van der Waals surface area contributed by atoms with Crippen molar-refractivity contribution < 1.29 is 28.0 Å². The molecule has 126 valence electrons. The molecule has 1 N–H and O–H groups in total. The van der Waals surface area contributed by atoms with E-state index in [4.69, 9.17) is 4.74 Å². The van der Waals surface area contributed by atoms with Gasteiger partial charge in [-0.1, -0.05) is 24.3 Å². The number of halogens is 2. The summed E-state index contributed by atoms with van der Waals surface area (Å²) >= 11 is 0. The van der Waals surface area contributed by atoms with E-state index in [-0.39, 0.29) is 22.9 Å². The normalized spacial score (nSPS) is 10.3. The predicted molar refractivity (Wildman–Crippen MR) is 80.3 cm³/mol. The summed E-state index contributed by atoms with van der Waals surface area (Å²) in [6.45, 7) is -3.57. The van der Waals surface area contributed by atoms with E-state index in [9.17, 15) is 23.7 Å². The Bertz CT molecular complexity index is 739. The molecule has 0 saturated heterocycles. The summed E-state index contributed by atoms with van der Waals surface area (Å²) in [6.07, 6.45) is 0. The lowest BCUT2D eigenvalue weighted by atomic mass is 10.3. The lowest BCUT2D eigenvalue weighted by Crippen LogP contribution is -2.21. The maximum absolute atomic E-state index is 12.3. The molecule has 1 amide bonds. The van der Waals surface area contributed by atoms with Crippen LogP contribution in [0.1, 0.15) is 0 Å². The molecule has 0 fully saturated rings. The number of ether oxygens (including phenoxy) is 2. The Kier molecular flexibility index (Phi) is 5.61. The number of anilines is 1. The van der Waals surface area contributed by atoms with Gasteiger partial charge in [0.25, 0.3) is 5.91 Å². The topological polar surface area (TPSA) is 90.7 Å². The molecule has 9 heteroatoms. The highest BCUT2D eigenvalue weighted by Gasteiger charge is 2.16. The summed E-state index contributed by atoms with van der Waals surface area (Å²) in [4.78, 5) is 22.1. The van der Waals surface area contributed by atoms with Gasteiger partial charge in [-0.25, -0.2) is 0 Å². The van der Waals surface area contributed by atoms with Gasteiger partial charge in [0, 0.05) is 6.07 Å². The van der Waals surface area contributed by atoms with Crippen molar-refractivity contribution in [2.24, 2.45) is 0 Å². The fourth-order valence-electron chi connectivity index (χ4n) is 1.83. The van der Waals surface area contributed by atoms with E-state index in [0.717, 1.165) is 0 Å². The third-order valence-electron chi connectivity index (χ3n) is 2.80. The minimum Gasteiger partial charge on any atom is -0.477 e. The molecule has 0 spiro atoms. The van der Waals surface area contributed by atoms with E-state index in [1.165, 1.54) is 48.5 Å². The highest BCUT2D eigenvalue weighted by molar-refractivity contribution is 5.93. The van der Waals surface area contributed by atoms with Gasteiger partial charge in [-0.2, -0.15) is 8.78 Å². The Hall–Kier alpha value is -3.23. The molecule has 0 saturated carbocycles. The Morgan fingerprint density at radius 1 is 1.12 bits per heavy atom. The zero-order valence-electron chi connectivity index (χ0n) is 12.1. The molecule has 2 aromatic rings. The van der Waals surface area contributed by atoms with Gasteiger partial charge in [-0.15, -0.1) is 0 Å². The smallest absolute Gasteiger partial charge is 0.387 e. The number of nitro groups is 1. The summed E-state index contributed by atoms with van der Waals surface area (Å²) in [7, 11) is 0. The molecule has 7 nitrogen and oxygen atoms in total. The molecule has 0 aliphatic rings. The number of hydrogen-bond acceptors (Lipinski definition) is 5. The van der Waals surface area contributed by atoms with Crippen LogP contribution in [-0.2, 0) is 4.79 Å². The first-order valence-corrected chi connectivity index (χ1v) is 6.67. The molecule has 2 aromatic carbocycles. The van der Waals surface area contributed by atoms with Crippen molar-refractivity contribution in [2.45, 2.75) is 6.61 Å². The molecule has 0 radical (unpaired) electrons. The number of alkyl halides is 2. The number of benzene rings is 2. The summed E-state index contributed by atoms with van der Waals surface area (Å²) in [5.74, 6) is -0.959. The Morgan fingerprint density at radius 2 is 1.75 bits per heavy atom. The van der Waals surface area contributed by atoms with Crippen molar-refractivity contribution in [1.82, 2.24) is 0 Å². The molecule has 0 heterocycles. The summed E-state index contributed by atoms with van der Waals surface area (Å²) < 4.78 is 34.0. The van der Waals surface area contributed by atoms with Crippen molar-refractivity contribution in [3.63, 3.8) is 0 Å². The van der Waals surface area contributed by atoms with Gasteiger partial charge in [0.05, 0.1) is 10.6 Å². The maximum atomic E-state index is 12.3. The zero-order chi connectivity index (χ0) is 17.5. The van der Waals surface area contributed by atoms with Crippen LogP contribution in [0.5, 0.6) is 11.5 Å². The van der Waals surface area contributed by atoms with Crippen molar-refractivity contribution >= 4 is 17.3 Å². The number of nitro benzene ring substituents is 1. The van der Waals surface area contributed by atoms with Crippen LogP contribution in [0.15, 0.2) is 48.5 Å². The van der Waals surface area contributed by atoms with Crippen LogP contribution in [0.3, 0.4) is 0 Å².